The summed E-state index contributed by atoms with van der Waals surface area (Å²) < 4.78 is 42.7. The second-order valence-corrected chi connectivity index (χ2v) is 10.4. The minimum Gasteiger partial charge on any atom is -0.485 e. The number of amides is 1. The summed E-state index contributed by atoms with van der Waals surface area (Å²) in [4.78, 5) is 15.2. The topological polar surface area (TPSA) is 88.4 Å². The van der Waals surface area contributed by atoms with Crippen molar-refractivity contribution in [3.63, 3.8) is 0 Å². The Morgan fingerprint density at radius 3 is 2.49 bits per heavy atom. The van der Waals surface area contributed by atoms with E-state index in [0.29, 0.717) is 29.9 Å². The fourth-order valence-electron chi connectivity index (χ4n) is 3.67. The Kier molecular flexibility index (Phi) is 11.6. The molecule has 0 bridgehead atoms. The van der Waals surface area contributed by atoms with Gasteiger partial charge in [-0.05, 0) is 25.0 Å². The third-order valence-electron chi connectivity index (χ3n) is 5.84. The first-order chi connectivity index (χ1) is 17.9. The molecule has 11 heteroatoms. The maximum atomic E-state index is 13.7. The molecular weight excluding hydrogens is 613 g/mol. The Morgan fingerprint density at radius 1 is 1.19 bits per heavy atom. The van der Waals surface area contributed by atoms with Crippen LogP contribution in [0.25, 0.3) is 0 Å². The number of allylic oxidation sites excluding steroid dienone is 1. The molecule has 0 aromatic heterocycles. The van der Waals surface area contributed by atoms with Crippen LogP contribution in [0.1, 0.15) is 18.4 Å². The van der Waals surface area contributed by atoms with Crippen LogP contribution in [0, 0.1) is 17.0 Å². The summed E-state index contributed by atoms with van der Waals surface area (Å²) >= 11 is 3.26. The van der Waals surface area contributed by atoms with Crippen molar-refractivity contribution in [1.29, 1.82) is 0 Å². The smallest absolute Gasteiger partial charge is 0.293 e. The second-order valence-electron chi connectivity index (χ2n) is 8.81. The number of methoxy groups -OCH3 is 1. The molecule has 2 aromatic carbocycles. The first-order valence-electron chi connectivity index (χ1n) is 11.8. The van der Waals surface area contributed by atoms with Crippen LogP contribution in [0.5, 0.6) is 0 Å². The molecule has 3 rings (SSSR count). The number of hydrogen-bond donors (Lipinski definition) is 3. The average Bonchev–Trinajstić information content (AvgIpc) is 3.64. The number of halogens is 3. The van der Waals surface area contributed by atoms with Gasteiger partial charge in [0, 0.05) is 36.4 Å². The molecule has 2 aromatic rings. The SMILES string of the molecule is COCC1(CO/C(C(=O)Nc2cc(F)cc(F)c2)=C(/C=[NH2+])N(CI)CCN[SH+]Cc2ccccc2)CC1. The standard InChI is InChI=1S/C26H31F2IN4O3S/c1-35-16-26(7-8-26)17-36-24(25(34)32-22-12-20(27)11-21(28)13-22)23(14-30)33(18-29)10-9-31-37-15-19-5-3-2-4-6-19/h2-6,11-14,30-31H,7-10,15-18H2,1H3,(H,32,34)/p+2/b24-23-,30-14?. The highest BCUT2D eigenvalue weighted by Crippen LogP contribution is 2.46. The molecule has 4 N–H and O–H groups in total. The van der Waals surface area contributed by atoms with Gasteiger partial charge in [-0.1, -0.05) is 52.9 Å². The van der Waals surface area contributed by atoms with Crippen LogP contribution in [0.3, 0.4) is 0 Å². The third kappa shape index (κ3) is 9.24. The zero-order chi connectivity index (χ0) is 26.7. The summed E-state index contributed by atoms with van der Waals surface area (Å²) in [5, 5.41) is 8.54. The fraction of sp³-hybridized carbons (Fsp3) is 0.385. The number of nitrogens with one attached hydrogen (secondary N) is 2. The lowest BCUT2D eigenvalue weighted by atomic mass is 10.1. The highest BCUT2D eigenvalue weighted by molar-refractivity contribution is 14.1. The molecule has 0 atom stereocenters. The second kappa shape index (κ2) is 14.6. The van der Waals surface area contributed by atoms with Crippen molar-refractivity contribution < 1.29 is 28.5 Å². The first kappa shape index (κ1) is 29.3. The van der Waals surface area contributed by atoms with Gasteiger partial charge in [-0.2, -0.15) is 0 Å². The Bertz CT molecular complexity index is 1070. The number of alkyl halides is 1. The number of anilines is 1. The van der Waals surface area contributed by atoms with Crippen LogP contribution < -0.4 is 15.4 Å². The number of hydrogen-bond acceptors (Lipinski definition) is 5. The van der Waals surface area contributed by atoms with Crippen LogP contribution in [-0.4, -0.2) is 55.0 Å². The van der Waals surface area contributed by atoms with E-state index in [0.717, 1.165) is 48.7 Å². The molecule has 0 aliphatic heterocycles. The summed E-state index contributed by atoms with van der Waals surface area (Å²) in [6.07, 6.45) is 3.18. The van der Waals surface area contributed by atoms with E-state index in [-0.39, 0.29) is 23.5 Å². The number of benzene rings is 2. The highest BCUT2D eigenvalue weighted by atomic mass is 127. The van der Waals surface area contributed by atoms with Gasteiger partial charge in [0.25, 0.3) is 5.91 Å². The molecule has 0 heterocycles. The Balaban J connectivity index is 1.73. The largest absolute Gasteiger partial charge is 0.485 e. The fourth-order valence-corrected chi connectivity index (χ4v) is 5.14. The van der Waals surface area contributed by atoms with E-state index in [9.17, 15) is 13.6 Å². The first-order valence-corrected chi connectivity index (χ1v) is 14.4. The van der Waals surface area contributed by atoms with Gasteiger partial charge >= 0.3 is 0 Å². The number of ether oxygens (including phenoxy) is 2. The van der Waals surface area contributed by atoms with Gasteiger partial charge in [0.15, 0.2) is 6.21 Å². The van der Waals surface area contributed by atoms with Gasteiger partial charge in [0.1, 0.15) is 23.1 Å². The van der Waals surface area contributed by atoms with Crippen LogP contribution >= 0.6 is 22.6 Å². The summed E-state index contributed by atoms with van der Waals surface area (Å²) in [5.41, 5.74) is 1.47. The molecule has 1 saturated carbocycles. The number of thiol groups is 1. The van der Waals surface area contributed by atoms with Crippen LogP contribution in [0.15, 0.2) is 60.0 Å². The van der Waals surface area contributed by atoms with Crippen molar-refractivity contribution in [1.82, 2.24) is 9.62 Å². The highest BCUT2D eigenvalue weighted by Gasteiger charge is 2.44. The van der Waals surface area contributed by atoms with Crippen LogP contribution in [-0.2, 0) is 32.0 Å². The lowest BCUT2D eigenvalue weighted by Gasteiger charge is -2.24. The van der Waals surface area contributed by atoms with E-state index >= 15 is 0 Å². The van der Waals surface area contributed by atoms with Crippen molar-refractivity contribution in [3.8, 4) is 0 Å². The van der Waals surface area contributed by atoms with Crippen LogP contribution in [0.4, 0.5) is 14.5 Å². The molecule has 0 spiro atoms. The zero-order valence-electron chi connectivity index (χ0n) is 20.7. The van der Waals surface area contributed by atoms with Gasteiger partial charge in [0.2, 0.25) is 5.76 Å². The van der Waals surface area contributed by atoms with Crippen molar-refractivity contribution in [2.45, 2.75) is 18.6 Å². The number of carbonyl (C=O) groups is 1. The molecule has 0 unspecified atom stereocenters. The molecule has 200 valence electrons. The molecule has 37 heavy (non-hydrogen) atoms. The van der Waals surface area contributed by atoms with E-state index in [1.165, 1.54) is 11.8 Å². The van der Waals surface area contributed by atoms with Gasteiger partial charge in [0.05, 0.1) is 36.3 Å². The normalized spacial score (nSPS) is 14.5. The predicted octanol–water partition coefficient (Wildman–Crippen LogP) is 2.60. The van der Waals surface area contributed by atoms with E-state index in [2.05, 4.69) is 44.8 Å². The minimum absolute atomic E-state index is 0.00644. The van der Waals surface area contributed by atoms with Gasteiger partial charge in [-0.15, -0.1) is 4.72 Å². The lowest BCUT2D eigenvalue weighted by Crippen LogP contribution is -2.40. The zero-order valence-corrected chi connectivity index (χ0v) is 23.7. The molecule has 1 aliphatic rings. The van der Waals surface area contributed by atoms with Crippen molar-refractivity contribution >= 4 is 52.3 Å². The molecule has 0 saturated heterocycles. The quantitative estimate of drug-likeness (QED) is 0.0301. The predicted molar refractivity (Wildman–Crippen MR) is 152 cm³/mol. The van der Waals surface area contributed by atoms with Crippen molar-refractivity contribution in [2.24, 2.45) is 5.41 Å². The summed E-state index contributed by atoms with van der Waals surface area (Å²) in [5.74, 6) is -1.36. The van der Waals surface area contributed by atoms with Crippen LogP contribution in [0.2, 0.25) is 0 Å². The van der Waals surface area contributed by atoms with Crippen molar-refractivity contribution in [2.75, 3.05) is 43.3 Å². The maximum Gasteiger partial charge on any atom is 0.293 e. The molecule has 7 nitrogen and oxygen atoms in total. The summed E-state index contributed by atoms with van der Waals surface area (Å²) in [7, 11) is 1.63. The third-order valence-corrected chi connectivity index (χ3v) is 7.64. The molecule has 0 radical (unpaired) electrons. The molecular formula is C26H33F2IN4O3S+2. The van der Waals surface area contributed by atoms with E-state index in [1.54, 1.807) is 7.11 Å². The number of rotatable bonds is 16. The van der Waals surface area contributed by atoms with Gasteiger partial charge < -0.3 is 19.7 Å². The molecule has 1 fully saturated rings. The molecule has 1 amide bonds. The van der Waals surface area contributed by atoms with E-state index < -0.39 is 17.5 Å². The Morgan fingerprint density at radius 2 is 1.89 bits per heavy atom. The number of carbonyl (C=O) groups excluding carboxylic acids is 1. The number of nitrogens with two attached hydrogens (primary N) is 1. The lowest BCUT2D eigenvalue weighted by molar-refractivity contribution is -0.117. The summed E-state index contributed by atoms with van der Waals surface area (Å²) in [6.45, 7) is 1.98. The minimum atomic E-state index is -0.793. The maximum absolute atomic E-state index is 13.7. The Hall–Kier alpha value is -2.22. The van der Waals surface area contributed by atoms with Crippen molar-refractivity contribution in [3.05, 3.63) is 77.2 Å². The molecule has 1 aliphatic carbocycles. The Labute approximate surface area is 234 Å². The van der Waals surface area contributed by atoms with E-state index in [1.807, 2.05) is 23.1 Å². The average molecular weight is 647 g/mol. The summed E-state index contributed by atoms with van der Waals surface area (Å²) in [6, 6.07) is 13.0. The van der Waals surface area contributed by atoms with E-state index in [4.69, 9.17) is 14.9 Å². The number of nitrogens with zero attached hydrogens (tertiary/aromatic N) is 1. The van der Waals surface area contributed by atoms with Gasteiger partial charge in [-0.3, -0.25) is 10.2 Å². The van der Waals surface area contributed by atoms with Gasteiger partial charge in [-0.25, -0.2) is 8.78 Å². The monoisotopic (exact) mass is 646 g/mol.